The van der Waals surface area contributed by atoms with Crippen molar-refractivity contribution < 1.29 is 4.74 Å². The van der Waals surface area contributed by atoms with E-state index in [4.69, 9.17) is 10.3 Å². The average molecular weight is 203 g/mol. The van der Waals surface area contributed by atoms with E-state index in [9.17, 15) is 0 Å². The SMILES string of the molecule is COc1ccc(C=CCCN=[N+]=[N-])cc1. The van der Waals surface area contributed by atoms with Crippen LogP contribution in [-0.4, -0.2) is 13.7 Å². The monoisotopic (exact) mass is 203 g/mol. The van der Waals surface area contributed by atoms with Crippen LogP contribution in [0, 0.1) is 0 Å². The maximum atomic E-state index is 8.06. The van der Waals surface area contributed by atoms with Gasteiger partial charge < -0.3 is 4.74 Å². The molecule has 0 fully saturated rings. The van der Waals surface area contributed by atoms with Gasteiger partial charge in [-0.1, -0.05) is 29.4 Å². The first-order chi connectivity index (χ1) is 7.36. The summed E-state index contributed by atoms with van der Waals surface area (Å²) in [6.45, 7) is 0.503. The minimum Gasteiger partial charge on any atom is -0.497 e. The molecule has 0 aromatic heterocycles. The molecule has 0 spiro atoms. The van der Waals surface area contributed by atoms with Gasteiger partial charge in [0.1, 0.15) is 5.75 Å². The molecular formula is C11H13N3O. The molecule has 0 saturated heterocycles. The van der Waals surface area contributed by atoms with Crippen LogP contribution in [0.5, 0.6) is 5.75 Å². The summed E-state index contributed by atoms with van der Waals surface area (Å²) < 4.78 is 5.05. The predicted octanol–water partition coefficient (Wildman–Crippen LogP) is 3.41. The molecular weight excluding hydrogens is 190 g/mol. The van der Waals surface area contributed by atoms with Gasteiger partial charge in [0, 0.05) is 11.5 Å². The van der Waals surface area contributed by atoms with E-state index in [1.54, 1.807) is 7.11 Å². The van der Waals surface area contributed by atoms with E-state index in [0.29, 0.717) is 6.54 Å². The van der Waals surface area contributed by atoms with Gasteiger partial charge in [0.2, 0.25) is 0 Å². The molecule has 0 amide bonds. The van der Waals surface area contributed by atoms with Crippen LogP contribution in [0.25, 0.3) is 16.5 Å². The summed E-state index contributed by atoms with van der Waals surface area (Å²) in [7, 11) is 1.64. The topological polar surface area (TPSA) is 58.0 Å². The minimum atomic E-state index is 0.503. The van der Waals surface area contributed by atoms with Crippen molar-refractivity contribution in [3.05, 3.63) is 46.3 Å². The Balaban J connectivity index is 2.46. The summed E-state index contributed by atoms with van der Waals surface area (Å²) >= 11 is 0. The van der Waals surface area contributed by atoms with Gasteiger partial charge in [0.25, 0.3) is 0 Å². The molecule has 78 valence electrons. The lowest BCUT2D eigenvalue weighted by molar-refractivity contribution is 0.415. The number of rotatable bonds is 5. The van der Waals surface area contributed by atoms with Crippen LogP contribution in [0.1, 0.15) is 12.0 Å². The van der Waals surface area contributed by atoms with E-state index in [1.807, 2.05) is 36.4 Å². The molecule has 0 heterocycles. The summed E-state index contributed by atoms with van der Waals surface area (Å²) in [5.74, 6) is 0.848. The quantitative estimate of drug-likeness (QED) is 0.313. The highest BCUT2D eigenvalue weighted by Gasteiger charge is 1.89. The number of hydrogen-bond donors (Lipinski definition) is 0. The third-order valence-corrected chi connectivity index (χ3v) is 1.89. The Morgan fingerprint density at radius 3 is 2.73 bits per heavy atom. The van der Waals surface area contributed by atoms with Gasteiger partial charge in [0.05, 0.1) is 7.11 Å². The number of methoxy groups -OCH3 is 1. The van der Waals surface area contributed by atoms with Crippen molar-refractivity contribution in [1.29, 1.82) is 0 Å². The van der Waals surface area contributed by atoms with Crippen LogP contribution in [0.4, 0.5) is 0 Å². The number of azide groups is 1. The highest BCUT2D eigenvalue weighted by atomic mass is 16.5. The lowest BCUT2D eigenvalue weighted by atomic mass is 10.2. The summed E-state index contributed by atoms with van der Waals surface area (Å²) in [4.78, 5) is 2.68. The molecule has 0 aliphatic carbocycles. The fraction of sp³-hybridized carbons (Fsp3) is 0.273. The predicted molar refractivity (Wildman–Crippen MR) is 60.7 cm³/mol. The second-order valence-corrected chi connectivity index (χ2v) is 2.92. The first kappa shape index (κ1) is 11.1. The summed E-state index contributed by atoms with van der Waals surface area (Å²) in [6, 6.07) is 7.77. The Hall–Kier alpha value is -1.93. The minimum absolute atomic E-state index is 0.503. The number of benzene rings is 1. The van der Waals surface area contributed by atoms with Crippen molar-refractivity contribution in [2.75, 3.05) is 13.7 Å². The zero-order valence-corrected chi connectivity index (χ0v) is 8.63. The van der Waals surface area contributed by atoms with Gasteiger partial charge in [0.15, 0.2) is 0 Å². The Bertz CT molecular complexity index is 364. The smallest absolute Gasteiger partial charge is 0.118 e. The van der Waals surface area contributed by atoms with Crippen LogP contribution in [-0.2, 0) is 0 Å². The molecule has 0 aliphatic heterocycles. The van der Waals surface area contributed by atoms with Crippen LogP contribution < -0.4 is 4.74 Å². The van der Waals surface area contributed by atoms with E-state index in [-0.39, 0.29) is 0 Å². The third-order valence-electron chi connectivity index (χ3n) is 1.89. The van der Waals surface area contributed by atoms with E-state index in [1.165, 1.54) is 0 Å². The zero-order valence-electron chi connectivity index (χ0n) is 8.63. The van der Waals surface area contributed by atoms with Gasteiger partial charge in [-0.25, -0.2) is 0 Å². The summed E-state index contributed by atoms with van der Waals surface area (Å²) in [5.41, 5.74) is 9.17. The molecule has 4 nitrogen and oxygen atoms in total. The van der Waals surface area contributed by atoms with Gasteiger partial charge in [-0.05, 0) is 29.6 Å². The standard InChI is InChI=1S/C11H13N3O/c1-15-11-7-5-10(6-8-11)4-2-3-9-13-14-12/h2,4-8H,3,9H2,1H3. The lowest BCUT2D eigenvalue weighted by Gasteiger charge is -1.98. The highest BCUT2D eigenvalue weighted by Crippen LogP contribution is 2.12. The van der Waals surface area contributed by atoms with E-state index >= 15 is 0 Å². The van der Waals surface area contributed by atoms with Crippen LogP contribution in [0.2, 0.25) is 0 Å². The van der Waals surface area contributed by atoms with E-state index < -0.39 is 0 Å². The van der Waals surface area contributed by atoms with Crippen LogP contribution in [0.15, 0.2) is 35.5 Å². The van der Waals surface area contributed by atoms with Gasteiger partial charge in [-0.2, -0.15) is 0 Å². The average Bonchev–Trinajstić information content (AvgIpc) is 2.30. The van der Waals surface area contributed by atoms with Crippen molar-refractivity contribution in [3.8, 4) is 5.75 Å². The number of ether oxygens (including phenoxy) is 1. The number of nitrogens with zero attached hydrogens (tertiary/aromatic N) is 3. The molecule has 15 heavy (non-hydrogen) atoms. The molecule has 4 heteroatoms. The lowest BCUT2D eigenvalue weighted by Crippen LogP contribution is -1.81. The second-order valence-electron chi connectivity index (χ2n) is 2.92. The molecule has 0 unspecified atom stereocenters. The summed E-state index contributed by atoms with van der Waals surface area (Å²) in [5, 5.41) is 3.44. The Morgan fingerprint density at radius 1 is 1.40 bits per heavy atom. The second kappa shape index (κ2) is 6.51. The highest BCUT2D eigenvalue weighted by molar-refractivity contribution is 5.50. The molecule has 1 aromatic rings. The van der Waals surface area contributed by atoms with Crippen LogP contribution >= 0.6 is 0 Å². The molecule has 1 rings (SSSR count). The van der Waals surface area contributed by atoms with Crippen molar-refractivity contribution >= 4 is 6.08 Å². The summed E-state index contributed by atoms with van der Waals surface area (Å²) in [6.07, 6.45) is 4.74. The van der Waals surface area contributed by atoms with Gasteiger partial charge >= 0.3 is 0 Å². The first-order valence-electron chi connectivity index (χ1n) is 4.68. The van der Waals surface area contributed by atoms with Crippen molar-refractivity contribution in [1.82, 2.24) is 0 Å². The molecule has 0 saturated carbocycles. The Kier molecular flexibility index (Phi) is 4.84. The molecule has 0 N–H and O–H groups in total. The number of hydrogen-bond acceptors (Lipinski definition) is 2. The largest absolute Gasteiger partial charge is 0.497 e. The van der Waals surface area contributed by atoms with Crippen molar-refractivity contribution in [2.45, 2.75) is 6.42 Å². The molecule has 0 bridgehead atoms. The Morgan fingerprint density at radius 2 is 2.13 bits per heavy atom. The normalized spacial score (nSPS) is 9.93. The van der Waals surface area contributed by atoms with Crippen molar-refractivity contribution in [2.24, 2.45) is 5.11 Å². The van der Waals surface area contributed by atoms with Gasteiger partial charge in [-0.3, -0.25) is 0 Å². The maximum absolute atomic E-state index is 8.06. The van der Waals surface area contributed by atoms with E-state index in [0.717, 1.165) is 17.7 Å². The molecule has 0 radical (unpaired) electrons. The molecule has 0 atom stereocenters. The first-order valence-corrected chi connectivity index (χ1v) is 4.68. The molecule has 1 aromatic carbocycles. The fourth-order valence-corrected chi connectivity index (χ4v) is 1.11. The molecule has 0 aliphatic rings. The van der Waals surface area contributed by atoms with Crippen LogP contribution in [0.3, 0.4) is 0 Å². The maximum Gasteiger partial charge on any atom is 0.118 e. The van der Waals surface area contributed by atoms with E-state index in [2.05, 4.69) is 10.0 Å². The third kappa shape index (κ3) is 4.20. The zero-order chi connectivity index (χ0) is 10.9. The van der Waals surface area contributed by atoms with Crippen molar-refractivity contribution in [3.63, 3.8) is 0 Å². The Labute approximate surface area is 88.8 Å². The van der Waals surface area contributed by atoms with Gasteiger partial charge in [-0.15, -0.1) is 0 Å². The fourth-order valence-electron chi connectivity index (χ4n) is 1.11.